The molecule has 20 heavy (non-hydrogen) atoms. The zero-order valence-electron chi connectivity index (χ0n) is 11.8. The summed E-state index contributed by atoms with van der Waals surface area (Å²) < 4.78 is 0. The van der Waals surface area contributed by atoms with Crippen LogP contribution in [0.4, 0.5) is 5.69 Å². The van der Waals surface area contributed by atoms with Crippen molar-refractivity contribution >= 4 is 5.69 Å². The average Bonchev–Trinajstić information content (AvgIpc) is 2.90. The summed E-state index contributed by atoms with van der Waals surface area (Å²) in [5.41, 5.74) is 13.3. The molecule has 0 aromatic heterocycles. The Labute approximate surface area is 120 Å². The molecular weight excluding hydrogens is 244 g/mol. The van der Waals surface area contributed by atoms with Crippen molar-refractivity contribution in [2.45, 2.75) is 25.9 Å². The number of hydrogen-bond donors (Lipinski definition) is 2. The fraction of sp³-hybridized carbons (Fsp3) is 0.222. The van der Waals surface area contributed by atoms with Gasteiger partial charge < -0.3 is 11.1 Å². The van der Waals surface area contributed by atoms with Crippen LogP contribution in [0.2, 0.25) is 0 Å². The second-order valence-corrected chi connectivity index (χ2v) is 5.48. The molecule has 0 saturated heterocycles. The first-order valence-electron chi connectivity index (χ1n) is 7.02. The van der Waals surface area contributed by atoms with E-state index in [0.717, 1.165) is 6.42 Å². The Morgan fingerprint density at radius 3 is 2.85 bits per heavy atom. The second-order valence-electron chi connectivity index (χ2n) is 5.48. The van der Waals surface area contributed by atoms with Crippen molar-refractivity contribution in [1.82, 2.24) is 0 Å². The SMILES string of the molecule is C=C(C)C1Cc2cc(-c3ccccc3CN)ccc2N1. The van der Waals surface area contributed by atoms with Gasteiger partial charge in [0.2, 0.25) is 0 Å². The molecule has 0 aliphatic carbocycles. The smallest absolute Gasteiger partial charge is 0.0509 e. The Morgan fingerprint density at radius 2 is 2.10 bits per heavy atom. The minimum absolute atomic E-state index is 0.366. The molecule has 1 heterocycles. The summed E-state index contributed by atoms with van der Waals surface area (Å²) in [4.78, 5) is 0. The maximum Gasteiger partial charge on any atom is 0.0509 e. The number of fused-ring (bicyclic) bond motifs is 1. The highest BCUT2D eigenvalue weighted by Gasteiger charge is 2.21. The maximum absolute atomic E-state index is 5.84. The van der Waals surface area contributed by atoms with E-state index in [-0.39, 0.29) is 0 Å². The maximum atomic E-state index is 5.84. The third kappa shape index (κ3) is 2.23. The van der Waals surface area contributed by atoms with Crippen LogP contribution >= 0.6 is 0 Å². The molecule has 0 spiro atoms. The highest BCUT2D eigenvalue weighted by atomic mass is 14.9. The van der Waals surface area contributed by atoms with E-state index in [1.807, 2.05) is 6.07 Å². The standard InChI is InChI=1S/C18H20N2/c1-12(2)18-10-15-9-13(7-8-17(15)20-18)16-6-4-3-5-14(16)11-19/h3-9,18,20H,1,10-11,19H2,2H3. The van der Waals surface area contributed by atoms with Gasteiger partial charge in [0.1, 0.15) is 0 Å². The van der Waals surface area contributed by atoms with Gasteiger partial charge in [0.15, 0.2) is 0 Å². The Balaban J connectivity index is 1.99. The van der Waals surface area contributed by atoms with Crippen LogP contribution in [0.25, 0.3) is 11.1 Å². The molecule has 1 atom stereocenters. The quantitative estimate of drug-likeness (QED) is 0.829. The molecule has 0 fully saturated rings. The van der Waals surface area contributed by atoms with Gasteiger partial charge >= 0.3 is 0 Å². The Hall–Kier alpha value is -2.06. The minimum Gasteiger partial charge on any atom is -0.378 e. The summed E-state index contributed by atoms with van der Waals surface area (Å²) in [6.07, 6.45) is 1.02. The Kier molecular flexibility index (Phi) is 3.33. The summed E-state index contributed by atoms with van der Waals surface area (Å²) in [7, 11) is 0. The summed E-state index contributed by atoms with van der Waals surface area (Å²) in [5, 5.41) is 3.52. The molecule has 2 nitrogen and oxygen atoms in total. The molecule has 2 aromatic rings. The van der Waals surface area contributed by atoms with Crippen LogP contribution in [-0.4, -0.2) is 6.04 Å². The fourth-order valence-electron chi connectivity index (χ4n) is 2.81. The molecule has 3 rings (SSSR count). The van der Waals surface area contributed by atoms with Crippen LogP contribution in [0.3, 0.4) is 0 Å². The second kappa shape index (κ2) is 5.14. The molecule has 1 aliphatic rings. The molecule has 1 aliphatic heterocycles. The van der Waals surface area contributed by atoms with E-state index in [4.69, 9.17) is 5.73 Å². The third-order valence-corrected chi connectivity index (χ3v) is 4.00. The molecule has 0 saturated carbocycles. The van der Waals surface area contributed by atoms with Gasteiger partial charge in [0.25, 0.3) is 0 Å². The van der Waals surface area contributed by atoms with Gasteiger partial charge in [-0.25, -0.2) is 0 Å². The van der Waals surface area contributed by atoms with E-state index < -0.39 is 0 Å². The molecule has 2 heteroatoms. The number of nitrogens with one attached hydrogen (secondary N) is 1. The zero-order chi connectivity index (χ0) is 14.1. The average molecular weight is 264 g/mol. The van der Waals surface area contributed by atoms with Gasteiger partial charge in [-0.05, 0) is 47.7 Å². The molecule has 102 valence electrons. The predicted octanol–water partition coefficient (Wildman–Crippen LogP) is 3.73. The Morgan fingerprint density at radius 1 is 1.30 bits per heavy atom. The van der Waals surface area contributed by atoms with Crippen molar-refractivity contribution in [2.24, 2.45) is 5.73 Å². The number of rotatable bonds is 3. The molecule has 2 aromatic carbocycles. The van der Waals surface area contributed by atoms with Crippen molar-refractivity contribution in [3.63, 3.8) is 0 Å². The van der Waals surface area contributed by atoms with Gasteiger partial charge in [-0.2, -0.15) is 0 Å². The van der Waals surface area contributed by atoms with E-state index in [1.54, 1.807) is 0 Å². The third-order valence-electron chi connectivity index (χ3n) is 4.00. The highest BCUT2D eigenvalue weighted by molar-refractivity contribution is 5.73. The zero-order valence-corrected chi connectivity index (χ0v) is 11.8. The van der Waals surface area contributed by atoms with Crippen LogP contribution < -0.4 is 11.1 Å². The number of anilines is 1. The van der Waals surface area contributed by atoms with E-state index in [2.05, 4.69) is 55.2 Å². The fourth-order valence-corrected chi connectivity index (χ4v) is 2.81. The van der Waals surface area contributed by atoms with Crippen LogP contribution in [0.15, 0.2) is 54.6 Å². The van der Waals surface area contributed by atoms with Crippen LogP contribution in [-0.2, 0) is 13.0 Å². The molecular formula is C18H20N2. The lowest BCUT2D eigenvalue weighted by Crippen LogP contribution is -2.15. The molecule has 0 amide bonds. The normalized spacial score (nSPS) is 16.6. The first kappa shape index (κ1) is 12.9. The van der Waals surface area contributed by atoms with Crippen molar-refractivity contribution in [2.75, 3.05) is 5.32 Å². The van der Waals surface area contributed by atoms with Crippen LogP contribution in [0, 0.1) is 0 Å². The van der Waals surface area contributed by atoms with E-state index in [1.165, 1.54) is 33.5 Å². The summed E-state index contributed by atoms with van der Waals surface area (Å²) in [6.45, 7) is 6.70. The van der Waals surface area contributed by atoms with Crippen molar-refractivity contribution in [1.29, 1.82) is 0 Å². The van der Waals surface area contributed by atoms with Crippen molar-refractivity contribution < 1.29 is 0 Å². The van der Waals surface area contributed by atoms with Crippen molar-refractivity contribution in [3.8, 4) is 11.1 Å². The number of nitrogens with two attached hydrogens (primary N) is 1. The first-order chi connectivity index (χ1) is 9.69. The van der Waals surface area contributed by atoms with Crippen LogP contribution in [0.1, 0.15) is 18.1 Å². The lowest BCUT2D eigenvalue weighted by atomic mass is 9.96. The molecule has 1 unspecified atom stereocenters. The van der Waals surface area contributed by atoms with E-state index in [9.17, 15) is 0 Å². The lowest BCUT2D eigenvalue weighted by molar-refractivity contribution is 0.868. The van der Waals surface area contributed by atoms with Gasteiger partial charge in [-0.3, -0.25) is 0 Å². The van der Waals surface area contributed by atoms with Crippen LogP contribution in [0.5, 0.6) is 0 Å². The monoisotopic (exact) mass is 264 g/mol. The number of benzene rings is 2. The van der Waals surface area contributed by atoms with Gasteiger partial charge in [0, 0.05) is 12.2 Å². The van der Waals surface area contributed by atoms with E-state index >= 15 is 0 Å². The highest BCUT2D eigenvalue weighted by Crippen LogP contribution is 2.33. The molecule has 0 radical (unpaired) electrons. The minimum atomic E-state index is 0.366. The van der Waals surface area contributed by atoms with Crippen molar-refractivity contribution in [3.05, 3.63) is 65.7 Å². The Bertz CT molecular complexity index is 658. The summed E-state index contributed by atoms with van der Waals surface area (Å²) in [5.74, 6) is 0. The lowest BCUT2D eigenvalue weighted by Gasteiger charge is -2.10. The first-order valence-corrected chi connectivity index (χ1v) is 7.02. The van der Waals surface area contributed by atoms with Gasteiger partial charge in [-0.1, -0.05) is 42.5 Å². The predicted molar refractivity (Wildman–Crippen MR) is 85.7 cm³/mol. The number of hydrogen-bond acceptors (Lipinski definition) is 2. The topological polar surface area (TPSA) is 38.0 Å². The van der Waals surface area contributed by atoms with Gasteiger partial charge in [0.05, 0.1) is 6.04 Å². The molecule has 3 N–H and O–H groups in total. The molecule has 0 bridgehead atoms. The largest absolute Gasteiger partial charge is 0.378 e. The van der Waals surface area contributed by atoms with Gasteiger partial charge in [-0.15, -0.1) is 0 Å². The summed E-state index contributed by atoms with van der Waals surface area (Å²) >= 11 is 0. The summed E-state index contributed by atoms with van der Waals surface area (Å²) in [6, 6.07) is 15.3. The van der Waals surface area contributed by atoms with E-state index in [0.29, 0.717) is 12.6 Å².